The number of hydrogen-bond donors (Lipinski definition) is 1. The Labute approximate surface area is 117 Å². The van der Waals surface area contributed by atoms with Gasteiger partial charge >= 0.3 is 0 Å². The molecule has 7 heteroatoms. The Kier molecular flexibility index (Phi) is 5.06. The van der Waals surface area contributed by atoms with Crippen LogP contribution in [-0.2, 0) is 10.0 Å². The normalized spacial score (nSPS) is 11.3. The maximum atomic E-state index is 12.3. The molecule has 0 aliphatic heterocycles. The van der Waals surface area contributed by atoms with Crippen molar-refractivity contribution >= 4 is 16.7 Å². The Balaban J connectivity index is 3.34. The molecule has 0 heterocycles. The molecule has 0 aliphatic rings. The average molecular weight is 291 g/mol. The van der Waals surface area contributed by atoms with Crippen LogP contribution >= 0.6 is 0 Å². The highest BCUT2D eigenvalue weighted by molar-refractivity contribution is 7.89. The molecule has 20 heavy (non-hydrogen) atoms. The van der Waals surface area contributed by atoms with E-state index in [1.165, 1.54) is 37.6 Å². The Morgan fingerprint density at radius 2 is 2.25 bits per heavy atom. The third kappa shape index (κ3) is 3.46. The number of methoxy groups -OCH3 is 1. The number of aliphatic imine (C=N–C) groups is 1. The minimum absolute atomic E-state index is 0.131. The Morgan fingerprint density at radius 3 is 2.75 bits per heavy atom. The van der Waals surface area contributed by atoms with E-state index in [4.69, 9.17) is 10.00 Å². The van der Waals surface area contributed by atoms with Gasteiger partial charge in [-0.05, 0) is 31.0 Å². The van der Waals surface area contributed by atoms with E-state index in [1.54, 1.807) is 0 Å². The van der Waals surface area contributed by atoms with Crippen molar-refractivity contribution in [3.05, 3.63) is 48.3 Å². The van der Waals surface area contributed by atoms with Crippen LogP contribution in [0.15, 0.2) is 52.6 Å². The molecule has 0 saturated heterocycles. The van der Waals surface area contributed by atoms with Gasteiger partial charge in [0.25, 0.3) is 10.0 Å². The van der Waals surface area contributed by atoms with Crippen molar-refractivity contribution in [3.63, 3.8) is 0 Å². The topological polar surface area (TPSA) is 91.5 Å². The van der Waals surface area contributed by atoms with Gasteiger partial charge in [0, 0.05) is 0 Å². The van der Waals surface area contributed by atoms with Crippen molar-refractivity contribution in [2.75, 3.05) is 7.11 Å². The molecule has 0 aliphatic carbocycles. The molecule has 0 amide bonds. The van der Waals surface area contributed by atoms with Crippen LogP contribution in [0.1, 0.15) is 5.56 Å². The van der Waals surface area contributed by atoms with E-state index in [0.29, 0.717) is 0 Å². The Bertz CT molecular complexity index is 700. The molecule has 6 nitrogen and oxygen atoms in total. The van der Waals surface area contributed by atoms with E-state index in [9.17, 15) is 8.42 Å². The summed E-state index contributed by atoms with van der Waals surface area (Å²) < 4.78 is 31.8. The highest BCUT2D eigenvalue weighted by atomic mass is 32.2. The summed E-state index contributed by atoms with van der Waals surface area (Å²) in [4.78, 5) is 3.32. The second-order valence-electron chi connectivity index (χ2n) is 3.55. The number of benzene rings is 1. The van der Waals surface area contributed by atoms with Crippen LogP contribution in [0.5, 0.6) is 5.75 Å². The van der Waals surface area contributed by atoms with Crippen molar-refractivity contribution in [1.29, 1.82) is 5.26 Å². The molecule has 104 valence electrons. The van der Waals surface area contributed by atoms with Gasteiger partial charge in [0.2, 0.25) is 0 Å². The average Bonchev–Trinajstić information content (AvgIpc) is 2.45. The van der Waals surface area contributed by atoms with Crippen LogP contribution in [0.25, 0.3) is 0 Å². The van der Waals surface area contributed by atoms with Crippen LogP contribution in [0.4, 0.5) is 0 Å². The Morgan fingerprint density at radius 1 is 1.55 bits per heavy atom. The fourth-order valence-electron chi connectivity index (χ4n) is 1.39. The van der Waals surface area contributed by atoms with Gasteiger partial charge in [-0.1, -0.05) is 6.58 Å². The molecule has 0 spiro atoms. The van der Waals surface area contributed by atoms with Crippen LogP contribution in [0, 0.1) is 11.3 Å². The summed E-state index contributed by atoms with van der Waals surface area (Å²) in [5, 5.41) is 8.85. The summed E-state index contributed by atoms with van der Waals surface area (Å²) in [7, 11) is -2.58. The number of nitrogens with zero attached hydrogens (tertiary/aromatic N) is 2. The van der Waals surface area contributed by atoms with E-state index < -0.39 is 10.0 Å². The minimum atomic E-state index is -3.92. The van der Waals surface area contributed by atoms with Crippen LogP contribution in [0.2, 0.25) is 0 Å². The lowest BCUT2D eigenvalue weighted by Gasteiger charge is -2.11. The standard InChI is InChI=1S/C13H13N3O3S/c1-4-11(9-15-2)16-20(17,18)13-7-10(8-14)5-6-12(13)19-3/h4-7,9,16H,1-2H2,3H3/b11-9+. The second-order valence-corrected chi connectivity index (χ2v) is 5.20. The second kappa shape index (κ2) is 6.54. The van der Waals surface area contributed by atoms with Crippen molar-refractivity contribution in [2.45, 2.75) is 4.90 Å². The number of nitrogens with one attached hydrogen (secondary N) is 1. The molecule has 1 aromatic carbocycles. The van der Waals surface area contributed by atoms with Gasteiger partial charge < -0.3 is 4.74 Å². The first kappa shape index (κ1) is 15.5. The summed E-state index contributed by atoms with van der Waals surface area (Å²) in [6.07, 6.45) is 2.50. The van der Waals surface area contributed by atoms with E-state index in [2.05, 4.69) is 23.0 Å². The molecule has 0 saturated carbocycles. The smallest absolute Gasteiger partial charge is 0.265 e. The number of allylic oxidation sites excluding steroid dienone is 1. The third-order valence-corrected chi connectivity index (χ3v) is 3.69. The molecule has 1 N–H and O–H groups in total. The predicted molar refractivity (Wildman–Crippen MR) is 75.9 cm³/mol. The zero-order valence-corrected chi connectivity index (χ0v) is 11.6. The molecular weight excluding hydrogens is 278 g/mol. The number of nitriles is 1. The zero-order valence-electron chi connectivity index (χ0n) is 10.8. The van der Waals surface area contributed by atoms with Gasteiger partial charge in [-0.25, -0.2) is 8.42 Å². The molecule has 0 radical (unpaired) electrons. The number of sulfonamides is 1. The maximum Gasteiger partial charge on any atom is 0.265 e. The molecular formula is C13H13N3O3S. The first-order valence-electron chi connectivity index (χ1n) is 5.38. The minimum Gasteiger partial charge on any atom is -0.495 e. The predicted octanol–water partition coefficient (Wildman–Crippen LogP) is 1.57. The quantitative estimate of drug-likeness (QED) is 0.636. The molecule has 1 rings (SSSR count). The first-order chi connectivity index (χ1) is 9.48. The fraction of sp³-hybridized carbons (Fsp3) is 0.0769. The molecule has 0 fully saturated rings. The van der Waals surface area contributed by atoms with Crippen LogP contribution in [-0.4, -0.2) is 22.2 Å². The lowest BCUT2D eigenvalue weighted by Crippen LogP contribution is -2.23. The van der Waals surface area contributed by atoms with Crippen LogP contribution in [0.3, 0.4) is 0 Å². The SMILES string of the molecule is C=C/C(=C\N=C)NS(=O)(=O)c1cc(C#N)ccc1OC. The monoisotopic (exact) mass is 291 g/mol. The summed E-state index contributed by atoms with van der Waals surface area (Å²) in [6.45, 7) is 6.70. The van der Waals surface area contributed by atoms with Crippen molar-refractivity contribution in [2.24, 2.45) is 4.99 Å². The third-order valence-electron chi connectivity index (χ3n) is 2.28. The van der Waals surface area contributed by atoms with Gasteiger partial charge in [0.15, 0.2) is 0 Å². The largest absolute Gasteiger partial charge is 0.495 e. The summed E-state index contributed by atoms with van der Waals surface area (Å²) in [6, 6.07) is 5.98. The first-order valence-corrected chi connectivity index (χ1v) is 6.86. The number of rotatable bonds is 6. The molecule has 1 aromatic rings. The van der Waals surface area contributed by atoms with Gasteiger partial charge in [0.05, 0.1) is 30.6 Å². The maximum absolute atomic E-state index is 12.3. The summed E-state index contributed by atoms with van der Waals surface area (Å²) in [5.74, 6) is 0.131. The lowest BCUT2D eigenvalue weighted by atomic mass is 10.2. The number of ether oxygens (including phenoxy) is 1. The van der Waals surface area contributed by atoms with Crippen molar-refractivity contribution < 1.29 is 13.2 Å². The van der Waals surface area contributed by atoms with Crippen molar-refractivity contribution in [1.82, 2.24) is 4.72 Å². The summed E-state index contributed by atoms with van der Waals surface area (Å²) in [5.41, 5.74) is 0.363. The van der Waals surface area contributed by atoms with Crippen LogP contribution < -0.4 is 9.46 Å². The van der Waals surface area contributed by atoms with Gasteiger partial charge in [-0.15, -0.1) is 0 Å². The zero-order chi connectivity index (χ0) is 15.2. The molecule has 0 unspecified atom stereocenters. The van der Waals surface area contributed by atoms with Gasteiger partial charge in [-0.3, -0.25) is 9.71 Å². The number of hydrogen-bond acceptors (Lipinski definition) is 5. The highest BCUT2D eigenvalue weighted by Gasteiger charge is 2.20. The molecule has 0 bridgehead atoms. The van der Waals surface area contributed by atoms with Gasteiger partial charge in [-0.2, -0.15) is 5.26 Å². The lowest BCUT2D eigenvalue weighted by molar-refractivity contribution is 0.402. The van der Waals surface area contributed by atoms with E-state index in [0.717, 1.165) is 0 Å². The van der Waals surface area contributed by atoms with E-state index >= 15 is 0 Å². The summed E-state index contributed by atoms with van der Waals surface area (Å²) >= 11 is 0. The van der Waals surface area contributed by atoms with E-state index in [1.807, 2.05) is 6.07 Å². The molecule has 0 aromatic heterocycles. The fourth-order valence-corrected chi connectivity index (χ4v) is 2.64. The van der Waals surface area contributed by atoms with E-state index in [-0.39, 0.29) is 21.9 Å². The van der Waals surface area contributed by atoms with Gasteiger partial charge in [0.1, 0.15) is 10.6 Å². The van der Waals surface area contributed by atoms with Crippen molar-refractivity contribution in [3.8, 4) is 11.8 Å². The Hall–Kier alpha value is -2.59. The molecule has 0 atom stereocenters. The highest BCUT2D eigenvalue weighted by Crippen LogP contribution is 2.25.